The van der Waals surface area contributed by atoms with E-state index in [9.17, 15) is 4.79 Å². The molecule has 0 fully saturated rings. The monoisotopic (exact) mass is 364 g/mol. The first-order chi connectivity index (χ1) is 12.9. The minimum atomic E-state index is -0.0832. The van der Waals surface area contributed by atoms with Crippen LogP contribution in [0.2, 0.25) is 0 Å². The van der Waals surface area contributed by atoms with E-state index in [1.54, 1.807) is 6.20 Å². The number of aryl methyl sites for hydroxylation is 5. The summed E-state index contributed by atoms with van der Waals surface area (Å²) in [5.41, 5.74) is 4.18. The summed E-state index contributed by atoms with van der Waals surface area (Å²) in [6, 6.07) is 7.46. The van der Waals surface area contributed by atoms with Crippen molar-refractivity contribution in [2.24, 2.45) is 0 Å². The van der Waals surface area contributed by atoms with Crippen LogP contribution in [0, 0.1) is 27.7 Å². The van der Waals surface area contributed by atoms with E-state index in [4.69, 9.17) is 0 Å². The number of hydrogen-bond acceptors (Lipinski definition) is 5. The second-order valence-corrected chi connectivity index (χ2v) is 6.56. The van der Waals surface area contributed by atoms with Crippen LogP contribution in [0.5, 0.6) is 0 Å². The van der Waals surface area contributed by atoms with Crippen molar-refractivity contribution in [3.8, 4) is 11.3 Å². The molecule has 27 heavy (non-hydrogen) atoms. The quantitative estimate of drug-likeness (QED) is 0.680. The number of aromatic nitrogens is 5. The third kappa shape index (κ3) is 4.55. The second kappa shape index (κ2) is 8.07. The zero-order valence-corrected chi connectivity index (χ0v) is 16.2. The Morgan fingerprint density at radius 3 is 2.48 bits per heavy atom. The number of nitrogens with zero attached hydrogens (tertiary/aromatic N) is 5. The van der Waals surface area contributed by atoms with Crippen LogP contribution >= 0.6 is 0 Å². The largest absolute Gasteiger partial charge is 0.352 e. The van der Waals surface area contributed by atoms with Crippen LogP contribution in [0.15, 0.2) is 30.5 Å². The van der Waals surface area contributed by atoms with Gasteiger partial charge in [-0.2, -0.15) is 5.10 Å². The van der Waals surface area contributed by atoms with Crippen LogP contribution in [0.1, 0.15) is 39.8 Å². The zero-order chi connectivity index (χ0) is 19.4. The van der Waals surface area contributed by atoms with Crippen molar-refractivity contribution in [1.29, 1.82) is 0 Å². The Hall–Kier alpha value is -3.09. The highest BCUT2D eigenvalue weighted by Gasteiger charge is 2.09. The van der Waals surface area contributed by atoms with Gasteiger partial charge in [0, 0.05) is 30.4 Å². The van der Waals surface area contributed by atoms with Crippen molar-refractivity contribution in [2.45, 2.75) is 40.7 Å². The molecule has 0 aliphatic carbocycles. The van der Waals surface area contributed by atoms with E-state index in [0.717, 1.165) is 47.3 Å². The topological polar surface area (TPSA) is 85.6 Å². The van der Waals surface area contributed by atoms with E-state index in [-0.39, 0.29) is 5.91 Å². The smallest absolute Gasteiger partial charge is 0.251 e. The summed E-state index contributed by atoms with van der Waals surface area (Å²) in [6.45, 7) is 8.97. The van der Waals surface area contributed by atoms with E-state index in [1.165, 1.54) is 0 Å². The zero-order valence-electron chi connectivity index (χ0n) is 16.2. The summed E-state index contributed by atoms with van der Waals surface area (Å²) in [5.74, 6) is 1.58. The molecular weight excluding hydrogens is 340 g/mol. The maximum Gasteiger partial charge on any atom is 0.251 e. The highest BCUT2D eigenvalue weighted by molar-refractivity contribution is 5.94. The molecule has 2 heterocycles. The van der Waals surface area contributed by atoms with E-state index in [1.807, 2.05) is 56.6 Å². The molecule has 1 aromatic carbocycles. The molecule has 1 N–H and O–H groups in total. The fraction of sp³-hybridized carbons (Fsp3) is 0.350. The Bertz CT molecular complexity index is 946. The first kappa shape index (κ1) is 18.7. The Morgan fingerprint density at radius 1 is 1.07 bits per heavy atom. The number of amides is 1. The van der Waals surface area contributed by atoms with Crippen molar-refractivity contribution in [3.05, 3.63) is 59.1 Å². The SMILES string of the molecule is Cc1cnc(C)c(-c2ccc(C(=O)NCCCn3nc(C)nc3C)cc2)n1. The lowest BCUT2D eigenvalue weighted by Crippen LogP contribution is -2.25. The molecule has 3 aromatic rings. The molecule has 0 aliphatic heterocycles. The van der Waals surface area contributed by atoms with Crippen LogP contribution in [-0.4, -0.2) is 37.2 Å². The molecule has 7 heteroatoms. The molecule has 0 bridgehead atoms. The molecular formula is C20H24N6O. The van der Waals surface area contributed by atoms with E-state index < -0.39 is 0 Å². The van der Waals surface area contributed by atoms with Crippen LogP contribution in [0.4, 0.5) is 0 Å². The maximum absolute atomic E-state index is 12.3. The van der Waals surface area contributed by atoms with Gasteiger partial charge in [0.1, 0.15) is 11.6 Å². The number of nitrogens with one attached hydrogen (secondary N) is 1. The van der Waals surface area contributed by atoms with E-state index >= 15 is 0 Å². The molecule has 140 valence electrons. The van der Waals surface area contributed by atoms with Gasteiger partial charge in [0.25, 0.3) is 5.91 Å². The first-order valence-electron chi connectivity index (χ1n) is 9.01. The number of carbonyl (C=O) groups excluding carboxylic acids is 1. The second-order valence-electron chi connectivity index (χ2n) is 6.56. The molecule has 0 atom stereocenters. The van der Waals surface area contributed by atoms with Crippen LogP contribution in [0.25, 0.3) is 11.3 Å². The van der Waals surface area contributed by atoms with Crippen molar-refractivity contribution < 1.29 is 4.79 Å². The normalized spacial score (nSPS) is 10.8. The minimum absolute atomic E-state index is 0.0832. The predicted octanol–water partition coefficient (Wildman–Crippen LogP) is 2.79. The maximum atomic E-state index is 12.3. The molecule has 7 nitrogen and oxygen atoms in total. The fourth-order valence-corrected chi connectivity index (χ4v) is 2.90. The van der Waals surface area contributed by atoms with Crippen molar-refractivity contribution >= 4 is 5.91 Å². The van der Waals surface area contributed by atoms with Gasteiger partial charge < -0.3 is 5.32 Å². The fourth-order valence-electron chi connectivity index (χ4n) is 2.90. The molecule has 2 aromatic heterocycles. The molecule has 1 amide bonds. The van der Waals surface area contributed by atoms with Gasteiger partial charge in [-0.25, -0.2) is 9.97 Å². The summed E-state index contributed by atoms with van der Waals surface area (Å²) >= 11 is 0. The highest BCUT2D eigenvalue weighted by atomic mass is 16.1. The number of hydrogen-bond donors (Lipinski definition) is 1. The molecule has 0 saturated heterocycles. The summed E-state index contributed by atoms with van der Waals surface area (Å²) < 4.78 is 1.86. The van der Waals surface area contributed by atoms with Crippen LogP contribution in [0.3, 0.4) is 0 Å². The van der Waals surface area contributed by atoms with Crippen LogP contribution < -0.4 is 5.32 Å². The van der Waals surface area contributed by atoms with E-state index in [0.29, 0.717) is 12.1 Å². The summed E-state index contributed by atoms with van der Waals surface area (Å²) in [4.78, 5) is 25.5. The highest BCUT2D eigenvalue weighted by Crippen LogP contribution is 2.20. The first-order valence-corrected chi connectivity index (χ1v) is 9.01. The average molecular weight is 364 g/mol. The summed E-state index contributed by atoms with van der Waals surface area (Å²) in [7, 11) is 0. The lowest BCUT2D eigenvalue weighted by molar-refractivity contribution is 0.0952. The van der Waals surface area contributed by atoms with Gasteiger partial charge >= 0.3 is 0 Å². The lowest BCUT2D eigenvalue weighted by Gasteiger charge is -2.08. The van der Waals surface area contributed by atoms with Gasteiger partial charge in [-0.05, 0) is 46.2 Å². The number of rotatable bonds is 6. The molecule has 3 rings (SSSR count). The van der Waals surface area contributed by atoms with Crippen LogP contribution in [-0.2, 0) is 6.54 Å². The Labute approximate surface area is 158 Å². The summed E-state index contributed by atoms with van der Waals surface area (Å²) in [6.07, 6.45) is 2.55. The third-order valence-corrected chi connectivity index (χ3v) is 4.29. The van der Waals surface area contributed by atoms with Crippen molar-refractivity contribution in [3.63, 3.8) is 0 Å². The molecule has 0 spiro atoms. The van der Waals surface area contributed by atoms with Gasteiger partial charge in [-0.3, -0.25) is 14.5 Å². The standard InChI is InChI=1S/C20H24N6O/c1-13-12-22-14(2)19(23-13)17-6-8-18(9-7-17)20(27)21-10-5-11-26-16(4)24-15(3)25-26/h6-9,12H,5,10-11H2,1-4H3,(H,21,27). The van der Waals surface area contributed by atoms with E-state index in [2.05, 4.69) is 25.4 Å². The van der Waals surface area contributed by atoms with Gasteiger partial charge in [0.05, 0.1) is 17.1 Å². The molecule has 0 saturated carbocycles. The predicted molar refractivity (Wildman–Crippen MR) is 103 cm³/mol. The average Bonchev–Trinajstić information content (AvgIpc) is 2.98. The molecule has 0 aliphatic rings. The van der Waals surface area contributed by atoms with Gasteiger partial charge in [0.15, 0.2) is 0 Å². The minimum Gasteiger partial charge on any atom is -0.352 e. The Kier molecular flexibility index (Phi) is 5.59. The van der Waals surface area contributed by atoms with Gasteiger partial charge in [-0.15, -0.1) is 0 Å². The Morgan fingerprint density at radius 2 is 1.81 bits per heavy atom. The summed E-state index contributed by atoms with van der Waals surface area (Å²) in [5, 5.41) is 7.27. The van der Waals surface area contributed by atoms with Crippen molar-refractivity contribution in [2.75, 3.05) is 6.54 Å². The third-order valence-electron chi connectivity index (χ3n) is 4.29. The number of benzene rings is 1. The molecule has 0 unspecified atom stereocenters. The van der Waals surface area contributed by atoms with Gasteiger partial charge in [0.2, 0.25) is 0 Å². The lowest BCUT2D eigenvalue weighted by atomic mass is 10.1. The van der Waals surface area contributed by atoms with Crippen molar-refractivity contribution in [1.82, 2.24) is 30.0 Å². The van der Waals surface area contributed by atoms with Gasteiger partial charge in [-0.1, -0.05) is 12.1 Å². The number of carbonyl (C=O) groups is 1. The molecule has 0 radical (unpaired) electrons. The Balaban J connectivity index is 1.56.